The van der Waals surface area contributed by atoms with Crippen LogP contribution in [0.25, 0.3) is 33.4 Å². The summed E-state index contributed by atoms with van der Waals surface area (Å²) in [4.78, 5) is 4.87. The lowest BCUT2D eigenvalue weighted by Gasteiger charge is -2.37. The average Bonchev–Trinajstić information content (AvgIpc) is 1.55. The first-order chi connectivity index (χ1) is 60.1. The molecule has 20 rings (SSSR count). The van der Waals surface area contributed by atoms with Gasteiger partial charge in [0.05, 0.1) is 22.2 Å². The summed E-state index contributed by atoms with van der Waals surface area (Å²) in [6.45, 7) is 44.7. The van der Waals surface area contributed by atoms with Crippen LogP contribution >= 0.6 is 0 Å². The molecule has 15 aromatic rings. The summed E-state index contributed by atoms with van der Waals surface area (Å²) in [6.07, 6.45) is 12.0. The van der Waals surface area contributed by atoms with Crippen molar-refractivity contribution in [2.75, 3.05) is 9.80 Å². The molecule has 0 aromatic heterocycles. The Morgan fingerprint density at radius 2 is 0.472 bits per heavy atom. The molecule has 0 amide bonds. The summed E-state index contributed by atoms with van der Waals surface area (Å²) in [5.41, 5.74) is 59.4. The molecule has 0 aliphatic heterocycles. The number of hydrogen-bond donors (Lipinski definition) is 0. The summed E-state index contributed by atoms with van der Waals surface area (Å²) in [5, 5.41) is 0. The summed E-state index contributed by atoms with van der Waals surface area (Å²) < 4.78 is 0. The summed E-state index contributed by atoms with van der Waals surface area (Å²) >= 11 is 0. The average molecular weight is 1630 g/mol. The Morgan fingerprint density at radius 3 is 0.736 bits per heavy atom. The lowest BCUT2D eigenvalue weighted by molar-refractivity contribution is 0.659. The molecule has 0 fully saturated rings. The van der Waals surface area contributed by atoms with E-state index in [-0.39, 0.29) is 16.2 Å². The minimum Gasteiger partial charge on any atom is -0.310 e. The molecule has 0 unspecified atom stereocenters. The Hall–Kier alpha value is -12.1. The third kappa shape index (κ3) is 15.9. The van der Waals surface area contributed by atoms with Gasteiger partial charge in [-0.25, -0.2) is 0 Å². The van der Waals surface area contributed by atoms with Crippen LogP contribution in [0.3, 0.4) is 0 Å². The van der Waals surface area contributed by atoms with E-state index in [1.54, 1.807) is 0 Å². The summed E-state index contributed by atoms with van der Waals surface area (Å²) in [5.74, 6) is 0. The van der Waals surface area contributed by atoms with Crippen LogP contribution in [-0.2, 0) is 54.8 Å². The van der Waals surface area contributed by atoms with Crippen LogP contribution in [0.4, 0.5) is 34.1 Å². The molecule has 5 aliphatic rings. The molecule has 0 N–H and O–H groups in total. The Balaban J connectivity index is 0.000000123. The van der Waals surface area contributed by atoms with E-state index in [2.05, 4.69) is 427 Å². The monoisotopic (exact) mass is 1630 g/mol. The van der Waals surface area contributed by atoms with Crippen molar-refractivity contribution < 1.29 is 0 Å². The van der Waals surface area contributed by atoms with E-state index >= 15 is 0 Å². The van der Waals surface area contributed by atoms with Crippen LogP contribution in [0.1, 0.15) is 231 Å². The topological polar surface area (TPSA) is 6.48 Å². The van der Waals surface area contributed by atoms with Gasteiger partial charge in [0.2, 0.25) is 0 Å². The van der Waals surface area contributed by atoms with Gasteiger partial charge < -0.3 is 9.80 Å². The number of hydrogen-bond acceptors (Lipinski definition) is 2. The molecule has 15 aromatic carbocycles. The second-order valence-corrected chi connectivity index (χ2v) is 38.4. The number of anilines is 6. The summed E-state index contributed by atoms with van der Waals surface area (Å²) in [6, 6.07) is 107. The van der Waals surface area contributed by atoms with Gasteiger partial charge in [-0.3, -0.25) is 0 Å². The van der Waals surface area contributed by atoms with Crippen LogP contribution < -0.4 is 9.80 Å². The molecular weight excluding hydrogens is 1510 g/mol. The zero-order chi connectivity index (χ0) is 87.7. The van der Waals surface area contributed by atoms with Crippen molar-refractivity contribution in [2.24, 2.45) is 0 Å². The summed E-state index contributed by atoms with van der Waals surface area (Å²) in [7, 11) is 0. The lowest BCUT2D eigenvalue weighted by Crippen LogP contribution is -2.30. The van der Waals surface area contributed by atoms with Crippen molar-refractivity contribution >= 4 is 34.1 Å². The Kier molecular flexibility index (Phi) is 23.4. The fraction of sp³-hybridized carbons (Fsp3) is 0.268. The van der Waals surface area contributed by atoms with Crippen molar-refractivity contribution in [3.8, 4) is 33.4 Å². The maximum absolute atomic E-state index is 2.52. The molecule has 2 nitrogen and oxygen atoms in total. The Morgan fingerprint density at radius 1 is 0.224 bits per heavy atom. The van der Waals surface area contributed by atoms with Crippen molar-refractivity contribution in [3.63, 3.8) is 0 Å². The maximum atomic E-state index is 2.52. The van der Waals surface area contributed by atoms with E-state index < -0.39 is 0 Å². The molecule has 628 valence electrons. The van der Waals surface area contributed by atoms with Crippen LogP contribution in [0.2, 0.25) is 0 Å². The van der Waals surface area contributed by atoms with Gasteiger partial charge in [-0.2, -0.15) is 0 Å². The van der Waals surface area contributed by atoms with E-state index in [4.69, 9.17) is 0 Å². The van der Waals surface area contributed by atoms with Crippen molar-refractivity contribution in [1.82, 2.24) is 0 Å². The standard InChI is InChI=1S/C44H52N2.C31H26.C31H30.C17H18/c1-9-11-13-37-27-33(5)43(34(6)28-37)45(39-19-15-31(3)16-20-39)41-23-25-42(26-24-41)46(40-21-17-32(4)18-22-40)44-35(7)29-38(14-12-10-2)30-36(44)8;1-19-3-13-27-28-14-4-20(2)16-30(28)31(29(27)15-19,25-11-9-21-5-7-23(21)17-25)26-12-10-22-6-8-24(22)18-26;1-19-7-9-27-28-10-8-20(2)18-30(28)31(29(27)17-19,25-13-21(3)11-22(4)14-25)26-15-23(5)12-24(6)16-26;1-11-5-7-13-14-8-6-12(2)10-16(14)17(3,4)15(13)9-11/h15-30H,9-14H2,1-8H3;3-4,9-18H,5-8H2,1-2H3;7-18H,1-6H3;5-10H,1-4H3. The van der Waals surface area contributed by atoms with Crippen molar-refractivity contribution in [1.29, 1.82) is 0 Å². The van der Waals surface area contributed by atoms with Gasteiger partial charge in [0, 0.05) is 28.2 Å². The van der Waals surface area contributed by atoms with E-state index in [1.807, 2.05) is 0 Å². The molecule has 0 saturated heterocycles. The predicted molar refractivity (Wildman–Crippen MR) is 535 cm³/mol. The molecule has 0 heterocycles. The highest BCUT2D eigenvalue weighted by molar-refractivity contribution is 5.91. The van der Waals surface area contributed by atoms with Crippen LogP contribution in [0.5, 0.6) is 0 Å². The minimum absolute atomic E-state index is 0.142. The van der Waals surface area contributed by atoms with E-state index in [9.17, 15) is 0 Å². The second kappa shape index (κ2) is 34.4. The third-order valence-electron chi connectivity index (χ3n) is 27.9. The molecule has 5 aliphatic carbocycles. The van der Waals surface area contributed by atoms with E-state index in [0.717, 1.165) is 24.2 Å². The first kappa shape index (κ1) is 85.1. The molecule has 0 saturated carbocycles. The molecule has 2 heteroatoms. The number of rotatable bonds is 16. The van der Waals surface area contributed by atoms with Crippen molar-refractivity contribution in [3.05, 3.63) is 457 Å². The first-order valence-electron chi connectivity index (χ1n) is 46.3. The van der Waals surface area contributed by atoms with Gasteiger partial charge >= 0.3 is 0 Å². The van der Waals surface area contributed by atoms with Crippen molar-refractivity contribution in [2.45, 2.75) is 219 Å². The highest BCUT2D eigenvalue weighted by atomic mass is 15.2. The van der Waals surface area contributed by atoms with Crippen LogP contribution in [-0.4, -0.2) is 0 Å². The Bertz CT molecular complexity index is 6160. The molecule has 0 radical (unpaired) electrons. The number of aryl methyl sites for hydroxylation is 22. The first-order valence-corrected chi connectivity index (χ1v) is 46.3. The fourth-order valence-electron chi connectivity index (χ4n) is 21.7. The molecular formula is C123H126N2. The zero-order valence-electron chi connectivity index (χ0n) is 78.0. The van der Waals surface area contributed by atoms with Crippen LogP contribution in [0.15, 0.2) is 279 Å². The zero-order valence-corrected chi connectivity index (χ0v) is 78.0. The lowest BCUT2D eigenvalue weighted by atomic mass is 9.65. The van der Waals surface area contributed by atoms with Gasteiger partial charge in [0.15, 0.2) is 0 Å². The maximum Gasteiger partial charge on any atom is 0.0714 e. The van der Waals surface area contributed by atoms with E-state index in [0.29, 0.717) is 0 Å². The van der Waals surface area contributed by atoms with Gasteiger partial charge in [0.25, 0.3) is 0 Å². The molecule has 125 heavy (non-hydrogen) atoms. The molecule has 0 atom stereocenters. The highest BCUT2D eigenvalue weighted by Crippen LogP contribution is 2.60. The van der Waals surface area contributed by atoms with Gasteiger partial charge in [0.1, 0.15) is 0 Å². The third-order valence-corrected chi connectivity index (χ3v) is 27.9. The molecule has 0 bridgehead atoms. The van der Waals surface area contributed by atoms with Gasteiger partial charge in [-0.1, -0.05) is 338 Å². The van der Waals surface area contributed by atoms with Crippen LogP contribution in [0, 0.1) is 111 Å². The normalized spacial score (nSPS) is 13.7. The number of benzene rings is 15. The molecule has 0 spiro atoms. The van der Waals surface area contributed by atoms with E-state index in [1.165, 1.54) is 286 Å². The SMILES string of the molecule is CCCCc1cc(C)c(N(c2ccc(C)cc2)c2ccc(N(c3ccc(C)cc3)c3c(C)cc(CCCC)cc3C)cc2)c(C)c1.Cc1cc(C)cc(C2(c3cc(C)cc(C)c3)c3cc(C)ccc3-c3ccc(C)cc32)c1.Cc1ccc2c(c1)C(C)(C)c1cc(C)ccc1-2.Cc1ccc2c(c1)C(c1ccc3c(c1)CC3)(c1ccc3c(c1)CC3)c1cc(C)ccc1-2. The number of unbranched alkanes of at least 4 members (excludes halogenated alkanes) is 2. The van der Waals surface area contributed by atoms with Gasteiger partial charge in [-0.05, 0) is 355 Å². The minimum atomic E-state index is -0.309. The largest absolute Gasteiger partial charge is 0.310 e. The van der Waals surface area contributed by atoms with Gasteiger partial charge in [-0.15, -0.1) is 0 Å². The smallest absolute Gasteiger partial charge is 0.0714 e. The fourth-order valence-corrected chi connectivity index (χ4v) is 21.7. The predicted octanol–water partition coefficient (Wildman–Crippen LogP) is 32.5. The highest BCUT2D eigenvalue weighted by Gasteiger charge is 2.49. The second-order valence-electron chi connectivity index (χ2n) is 38.4. The quantitative estimate of drug-likeness (QED) is 0.0951. The number of fused-ring (bicyclic) bond motifs is 11. The number of nitrogens with zero attached hydrogens (tertiary/aromatic N) is 2. The Labute approximate surface area is 748 Å².